The molecule has 3 aromatic rings. The summed E-state index contributed by atoms with van der Waals surface area (Å²) in [5, 5.41) is 14.4. The Morgan fingerprint density at radius 3 is 2.26 bits per heavy atom. The summed E-state index contributed by atoms with van der Waals surface area (Å²) in [6.07, 6.45) is 0. The summed E-state index contributed by atoms with van der Waals surface area (Å²) in [6, 6.07) is 19.7. The molecular weight excluding hydrogens is 434 g/mol. The highest BCUT2D eigenvalue weighted by Gasteiger charge is 2.78. The minimum atomic E-state index is -1.81. The lowest BCUT2D eigenvalue weighted by molar-refractivity contribution is -0.384. The average molecular weight is 453 g/mol. The molecule has 8 heteroatoms. The van der Waals surface area contributed by atoms with E-state index in [1.54, 1.807) is 72.6 Å². The Bertz CT molecular complexity index is 1410. The summed E-state index contributed by atoms with van der Waals surface area (Å²) in [7, 11) is 1.73. The number of nitro groups is 1. The number of rotatable bonds is 2. The van der Waals surface area contributed by atoms with Gasteiger partial charge in [0.15, 0.2) is 11.6 Å². The predicted molar refractivity (Wildman–Crippen MR) is 123 cm³/mol. The Labute approximate surface area is 194 Å². The van der Waals surface area contributed by atoms with Crippen molar-refractivity contribution in [1.29, 1.82) is 0 Å². The van der Waals surface area contributed by atoms with Crippen LogP contribution in [0.15, 0.2) is 72.8 Å². The number of fused-ring (bicyclic) bond motifs is 4. The first kappa shape index (κ1) is 20.4. The molecule has 8 nitrogen and oxygen atoms in total. The van der Waals surface area contributed by atoms with Gasteiger partial charge in [0.25, 0.3) is 11.6 Å². The van der Waals surface area contributed by atoms with Crippen molar-refractivity contribution in [3.05, 3.63) is 105 Å². The second-order valence-electron chi connectivity index (χ2n) is 9.01. The van der Waals surface area contributed by atoms with Crippen LogP contribution in [0.1, 0.15) is 37.8 Å². The van der Waals surface area contributed by atoms with Crippen LogP contribution in [-0.2, 0) is 10.3 Å². The molecule has 3 aliphatic rings. The Hall–Kier alpha value is -4.17. The Morgan fingerprint density at radius 2 is 1.59 bits per heavy atom. The third-order valence-electron chi connectivity index (χ3n) is 7.63. The molecule has 0 unspecified atom stereocenters. The molecule has 1 saturated heterocycles. The van der Waals surface area contributed by atoms with E-state index in [1.807, 2.05) is 0 Å². The molecule has 1 N–H and O–H groups in total. The zero-order valence-corrected chi connectivity index (χ0v) is 18.1. The molecular formula is C26H19N3O5. The van der Waals surface area contributed by atoms with Crippen molar-refractivity contribution >= 4 is 28.8 Å². The van der Waals surface area contributed by atoms with Crippen LogP contribution in [0.2, 0.25) is 0 Å². The van der Waals surface area contributed by atoms with E-state index in [2.05, 4.69) is 5.32 Å². The minimum absolute atomic E-state index is 0.136. The van der Waals surface area contributed by atoms with Gasteiger partial charge in [-0.3, -0.25) is 29.4 Å². The van der Waals surface area contributed by atoms with Gasteiger partial charge in [-0.2, -0.15) is 0 Å². The van der Waals surface area contributed by atoms with Crippen molar-refractivity contribution in [2.24, 2.45) is 5.41 Å². The van der Waals surface area contributed by atoms with Crippen molar-refractivity contribution in [2.45, 2.75) is 11.5 Å². The summed E-state index contributed by atoms with van der Waals surface area (Å²) in [5.41, 5.74) is -1.40. The molecule has 0 saturated carbocycles. The smallest absolute Gasteiger partial charge is 0.269 e. The topological polar surface area (TPSA) is 110 Å². The number of para-hydroxylation sites is 1. The predicted octanol–water partition coefficient (Wildman–Crippen LogP) is 3.54. The van der Waals surface area contributed by atoms with Crippen molar-refractivity contribution in [2.75, 3.05) is 18.9 Å². The van der Waals surface area contributed by atoms with Crippen molar-refractivity contribution < 1.29 is 19.3 Å². The number of nitrogens with one attached hydrogen (secondary N) is 1. The summed E-state index contributed by atoms with van der Waals surface area (Å²) < 4.78 is 0. The second-order valence-corrected chi connectivity index (χ2v) is 9.01. The summed E-state index contributed by atoms with van der Waals surface area (Å²) >= 11 is 0. The third-order valence-corrected chi connectivity index (χ3v) is 7.63. The van der Waals surface area contributed by atoms with Gasteiger partial charge in [0, 0.05) is 47.0 Å². The number of benzene rings is 3. The average Bonchev–Trinajstić information content (AvgIpc) is 3.39. The van der Waals surface area contributed by atoms with Crippen molar-refractivity contribution in [1.82, 2.24) is 4.90 Å². The van der Waals surface area contributed by atoms with E-state index >= 15 is 0 Å². The number of nitro benzene ring substituents is 1. The van der Waals surface area contributed by atoms with Gasteiger partial charge in [-0.25, -0.2) is 0 Å². The van der Waals surface area contributed by atoms with E-state index < -0.39 is 39.3 Å². The number of carbonyl (C=O) groups excluding carboxylic acids is 3. The van der Waals surface area contributed by atoms with Gasteiger partial charge < -0.3 is 5.32 Å². The number of likely N-dealkylation sites (tertiary alicyclic amines) is 1. The number of hydrogen-bond acceptors (Lipinski definition) is 6. The lowest BCUT2D eigenvalue weighted by Gasteiger charge is -2.42. The van der Waals surface area contributed by atoms with Crippen LogP contribution >= 0.6 is 0 Å². The van der Waals surface area contributed by atoms with Gasteiger partial charge in [-0.15, -0.1) is 0 Å². The summed E-state index contributed by atoms with van der Waals surface area (Å²) in [6.45, 7) is 0.189. The molecule has 2 spiro atoms. The van der Waals surface area contributed by atoms with Crippen molar-refractivity contribution in [3.63, 3.8) is 0 Å². The van der Waals surface area contributed by atoms with E-state index in [9.17, 15) is 24.5 Å². The molecule has 6 rings (SSSR count). The normalized spacial score (nSPS) is 24.5. The van der Waals surface area contributed by atoms with Gasteiger partial charge in [0.05, 0.1) is 4.92 Å². The first-order chi connectivity index (χ1) is 16.3. The number of amides is 1. The fourth-order valence-electron chi connectivity index (χ4n) is 6.38. The summed E-state index contributed by atoms with van der Waals surface area (Å²) in [4.78, 5) is 55.3. The maximum Gasteiger partial charge on any atom is 0.269 e. The molecule has 0 bridgehead atoms. The molecule has 2 atom stereocenters. The van der Waals surface area contributed by atoms with E-state index in [-0.39, 0.29) is 23.4 Å². The van der Waals surface area contributed by atoms with E-state index in [0.717, 1.165) is 0 Å². The second kappa shape index (κ2) is 6.68. The van der Waals surface area contributed by atoms with Crippen LogP contribution in [0.25, 0.3) is 0 Å². The fraction of sp³-hybridized carbons (Fsp3) is 0.192. The maximum absolute atomic E-state index is 14.3. The highest BCUT2D eigenvalue weighted by molar-refractivity contribution is 6.34. The minimum Gasteiger partial charge on any atom is -0.324 e. The Kier molecular flexibility index (Phi) is 4.01. The van der Waals surface area contributed by atoms with Gasteiger partial charge in [-0.1, -0.05) is 54.6 Å². The molecule has 0 radical (unpaired) electrons. The SMILES string of the molecule is CN1C[C@H](c2cccc([N+](=O)[O-])c2)C2(C(=O)c3ccccc3C2=O)[C@@]12C(=O)Nc1ccccc12. The fourth-order valence-corrected chi connectivity index (χ4v) is 6.38. The maximum atomic E-state index is 14.3. The van der Waals surface area contributed by atoms with Gasteiger partial charge >= 0.3 is 0 Å². The zero-order chi connectivity index (χ0) is 23.8. The van der Waals surface area contributed by atoms with Crippen LogP contribution < -0.4 is 5.32 Å². The van der Waals surface area contributed by atoms with E-state index in [0.29, 0.717) is 16.8 Å². The summed E-state index contributed by atoms with van der Waals surface area (Å²) in [5.74, 6) is -2.08. The van der Waals surface area contributed by atoms with Gasteiger partial charge in [-0.05, 0) is 18.7 Å². The monoisotopic (exact) mass is 453 g/mol. The van der Waals surface area contributed by atoms with Gasteiger partial charge in [0.2, 0.25) is 0 Å². The van der Waals surface area contributed by atoms with E-state index in [4.69, 9.17) is 0 Å². The molecule has 3 aromatic carbocycles. The number of nitrogens with zero attached hydrogens (tertiary/aromatic N) is 2. The Balaban J connectivity index is 1.71. The quantitative estimate of drug-likeness (QED) is 0.361. The van der Waals surface area contributed by atoms with Crippen LogP contribution in [0, 0.1) is 15.5 Å². The number of likely N-dealkylation sites (N-methyl/N-ethyl adjacent to an activating group) is 1. The molecule has 34 heavy (non-hydrogen) atoms. The molecule has 2 aliphatic heterocycles. The van der Waals surface area contributed by atoms with Gasteiger partial charge in [0.1, 0.15) is 11.0 Å². The van der Waals surface area contributed by atoms with Crippen LogP contribution in [0.5, 0.6) is 0 Å². The van der Waals surface area contributed by atoms with Crippen LogP contribution in [0.3, 0.4) is 0 Å². The standard InChI is InChI=1S/C26H19N3O5/c1-28-14-20(15-7-6-8-16(13-15)29(33)34)25(22(30)17-9-2-3-10-18(17)23(25)31)26(28)19-11-4-5-12-21(19)27-24(26)32/h2-13,20H,14H2,1H3,(H,27,32)/t20-,26-/m1/s1. The molecule has 1 amide bonds. The first-order valence-electron chi connectivity index (χ1n) is 10.9. The molecule has 1 fully saturated rings. The highest BCUT2D eigenvalue weighted by Crippen LogP contribution is 2.66. The molecule has 1 aliphatic carbocycles. The Morgan fingerprint density at radius 1 is 0.941 bits per heavy atom. The lowest BCUT2D eigenvalue weighted by atomic mass is 9.58. The number of Topliss-reactive ketones (excluding diaryl/α,β-unsaturated/α-hetero) is 2. The van der Waals surface area contributed by atoms with Crippen LogP contribution in [0.4, 0.5) is 11.4 Å². The van der Waals surface area contributed by atoms with Crippen LogP contribution in [-0.4, -0.2) is 40.9 Å². The zero-order valence-electron chi connectivity index (χ0n) is 18.1. The number of carbonyl (C=O) groups is 3. The molecule has 0 aromatic heterocycles. The molecule has 2 heterocycles. The lowest BCUT2D eigenvalue weighted by Crippen LogP contribution is -2.60. The van der Waals surface area contributed by atoms with Crippen molar-refractivity contribution in [3.8, 4) is 0 Å². The largest absolute Gasteiger partial charge is 0.324 e. The third kappa shape index (κ3) is 2.14. The highest BCUT2D eigenvalue weighted by atomic mass is 16.6. The number of non-ortho nitro benzene ring substituents is 1. The number of ketones is 2. The molecule has 168 valence electrons. The van der Waals surface area contributed by atoms with E-state index in [1.165, 1.54) is 12.1 Å². The first-order valence-corrected chi connectivity index (χ1v) is 10.9. The number of anilines is 1. The number of hydrogen-bond donors (Lipinski definition) is 1.